The number of fused-ring (bicyclic) bond motifs is 3. The number of carbonyl (C=O) groups excluding carboxylic acids is 2. The first-order chi connectivity index (χ1) is 18.6. The molecule has 40 heavy (non-hydrogen) atoms. The van der Waals surface area contributed by atoms with Crippen LogP contribution in [0.3, 0.4) is 0 Å². The van der Waals surface area contributed by atoms with Crippen LogP contribution < -0.4 is 15.4 Å². The van der Waals surface area contributed by atoms with E-state index in [1.807, 2.05) is 48.5 Å². The van der Waals surface area contributed by atoms with Crippen LogP contribution in [-0.4, -0.2) is 48.1 Å². The van der Waals surface area contributed by atoms with E-state index in [9.17, 15) is 19.5 Å². The van der Waals surface area contributed by atoms with E-state index >= 15 is 0 Å². The van der Waals surface area contributed by atoms with Crippen molar-refractivity contribution >= 4 is 31.7 Å². The SMILES string of the molecule is CC(C)(C)OC(=O)NCc1ccc(OC[C@H](NC(=O)OCC2c3ccccc3-c3ccccc32)C(=O)O)cc1.S. The molecule has 3 aromatic carbocycles. The van der Waals surface area contributed by atoms with Crippen molar-refractivity contribution in [2.45, 2.75) is 44.9 Å². The summed E-state index contributed by atoms with van der Waals surface area (Å²) in [6, 6.07) is 21.4. The Labute approximate surface area is 240 Å². The van der Waals surface area contributed by atoms with Crippen LogP contribution in [0.15, 0.2) is 72.8 Å². The second-order valence-corrected chi connectivity index (χ2v) is 10.2. The van der Waals surface area contributed by atoms with E-state index in [4.69, 9.17) is 14.2 Å². The van der Waals surface area contributed by atoms with Gasteiger partial charge in [-0.2, -0.15) is 13.5 Å². The Bertz CT molecular complexity index is 1290. The summed E-state index contributed by atoms with van der Waals surface area (Å²) in [4.78, 5) is 36.1. The van der Waals surface area contributed by atoms with Gasteiger partial charge in [0, 0.05) is 12.5 Å². The maximum absolute atomic E-state index is 12.5. The highest BCUT2D eigenvalue weighted by molar-refractivity contribution is 7.59. The number of hydrogen-bond donors (Lipinski definition) is 3. The van der Waals surface area contributed by atoms with Gasteiger partial charge in [0.1, 0.15) is 24.6 Å². The number of ether oxygens (including phenoxy) is 3. The number of amides is 2. The summed E-state index contributed by atoms with van der Waals surface area (Å²) in [6.07, 6.45) is -1.36. The van der Waals surface area contributed by atoms with Gasteiger partial charge in [-0.25, -0.2) is 14.4 Å². The smallest absolute Gasteiger partial charge is 0.407 e. The number of alkyl carbamates (subject to hydrolysis) is 2. The lowest BCUT2D eigenvalue weighted by atomic mass is 9.98. The number of aliphatic carboxylic acids is 1. The first-order valence-electron chi connectivity index (χ1n) is 12.6. The molecule has 4 rings (SSSR count). The van der Waals surface area contributed by atoms with Crippen LogP contribution in [0, 0.1) is 0 Å². The summed E-state index contributed by atoms with van der Waals surface area (Å²) in [5.74, 6) is -0.968. The molecular formula is C30H34N2O7S. The molecule has 1 aliphatic rings. The van der Waals surface area contributed by atoms with Crippen LogP contribution >= 0.6 is 13.5 Å². The Morgan fingerprint density at radius 3 is 2.00 bits per heavy atom. The summed E-state index contributed by atoms with van der Waals surface area (Å²) in [5, 5.41) is 14.6. The van der Waals surface area contributed by atoms with E-state index < -0.39 is 29.8 Å². The van der Waals surface area contributed by atoms with Gasteiger partial charge < -0.3 is 30.0 Å². The first-order valence-corrected chi connectivity index (χ1v) is 12.6. The van der Waals surface area contributed by atoms with Crippen molar-refractivity contribution in [3.05, 3.63) is 89.5 Å². The van der Waals surface area contributed by atoms with Crippen molar-refractivity contribution in [3.63, 3.8) is 0 Å². The lowest BCUT2D eigenvalue weighted by Gasteiger charge is -2.19. The Morgan fingerprint density at radius 1 is 0.875 bits per heavy atom. The summed E-state index contributed by atoms with van der Waals surface area (Å²) in [6.45, 7) is 5.39. The number of hydrogen-bond acceptors (Lipinski definition) is 6. The summed E-state index contributed by atoms with van der Waals surface area (Å²) < 4.78 is 16.2. The molecule has 0 bridgehead atoms. The summed E-state index contributed by atoms with van der Waals surface area (Å²) in [5.41, 5.74) is 4.55. The molecule has 0 heterocycles. The number of carboxylic acids is 1. The Kier molecular flexibility index (Phi) is 10.1. The number of nitrogens with one attached hydrogen (secondary N) is 2. The van der Waals surface area contributed by atoms with Gasteiger partial charge in [-0.1, -0.05) is 60.7 Å². The van der Waals surface area contributed by atoms with Gasteiger partial charge in [0.05, 0.1) is 0 Å². The third-order valence-electron chi connectivity index (χ3n) is 6.11. The predicted octanol–water partition coefficient (Wildman–Crippen LogP) is 5.19. The highest BCUT2D eigenvalue weighted by Crippen LogP contribution is 2.44. The van der Waals surface area contributed by atoms with Crippen molar-refractivity contribution in [1.82, 2.24) is 10.6 Å². The molecule has 1 atom stereocenters. The number of benzene rings is 3. The van der Waals surface area contributed by atoms with Gasteiger partial charge in [0.2, 0.25) is 0 Å². The molecule has 0 saturated heterocycles. The van der Waals surface area contributed by atoms with Crippen LogP contribution in [0.2, 0.25) is 0 Å². The van der Waals surface area contributed by atoms with E-state index in [2.05, 4.69) is 10.6 Å². The number of rotatable bonds is 9. The van der Waals surface area contributed by atoms with Crippen molar-refractivity contribution in [1.29, 1.82) is 0 Å². The Balaban J connectivity index is 0.00000441. The maximum atomic E-state index is 12.5. The fourth-order valence-electron chi connectivity index (χ4n) is 4.33. The molecule has 0 spiro atoms. The van der Waals surface area contributed by atoms with Crippen LogP contribution in [0.25, 0.3) is 11.1 Å². The number of carbonyl (C=O) groups is 3. The zero-order chi connectivity index (χ0) is 28.0. The van der Waals surface area contributed by atoms with Gasteiger partial charge in [0.15, 0.2) is 6.04 Å². The van der Waals surface area contributed by atoms with Gasteiger partial charge in [-0.15, -0.1) is 0 Å². The van der Waals surface area contributed by atoms with Gasteiger partial charge in [-0.05, 0) is 60.7 Å². The minimum absolute atomic E-state index is 0. The first kappa shape index (κ1) is 30.4. The zero-order valence-corrected chi connectivity index (χ0v) is 23.6. The third kappa shape index (κ3) is 7.92. The fraction of sp³-hybridized carbons (Fsp3) is 0.300. The van der Waals surface area contributed by atoms with Crippen LogP contribution in [0.4, 0.5) is 9.59 Å². The summed E-state index contributed by atoms with van der Waals surface area (Å²) >= 11 is 0. The molecule has 0 aliphatic heterocycles. The fourth-order valence-corrected chi connectivity index (χ4v) is 4.33. The van der Waals surface area contributed by atoms with E-state index in [0.29, 0.717) is 5.75 Å². The molecule has 0 fully saturated rings. The van der Waals surface area contributed by atoms with Crippen LogP contribution in [0.5, 0.6) is 5.75 Å². The molecule has 10 heteroatoms. The molecule has 0 saturated carbocycles. The monoisotopic (exact) mass is 566 g/mol. The highest BCUT2D eigenvalue weighted by Gasteiger charge is 2.30. The molecule has 3 N–H and O–H groups in total. The molecule has 2 amide bonds. The van der Waals surface area contributed by atoms with Crippen molar-refractivity contribution < 1.29 is 33.7 Å². The maximum Gasteiger partial charge on any atom is 0.407 e. The Hall–Kier alpha value is -4.18. The minimum Gasteiger partial charge on any atom is -0.491 e. The largest absolute Gasteiger partial charge is 0.491 e. The second kappa shape index (κ2) is 13.3. The standard InChI is InChI=1S/C30H32N2O7.H2S/c1-30(2,3)39-28(35)31-16-19-12-14-20(15-13-19)37-18-26(27(33)34)32-29(36)38-17-25-23-10-6-4-8-21(23)22-9-5-7-11-24(22)25;/h4-15,25-26H,16-18H2,1-3H3,(H,31,35)(H,32,36)(H,33,34);1H2/t26-;/m0./s1. The predicted molar refractivity (Wildman–Crippen MR) is 155 cm³/mol. The van der Waals surface area contributed by atoms with Gasteiger partial charge >= 0.3 is 18.2 Å². The quantitative estimate of drug-likeness (QED) is 0.326. The molecule has 0 radical (unpaired) electrons. The zero-order valence-electron chi connectivity index (χ0n) is 22.6. The molecule has 9 nitrogen and oxygen atoms in total. The average Bonchev–Trinajstić information content (AvgIpc) is 3.22. The highest BCUT2D eigenvalue weighted by atomic mass is 32.1. The van der Waals surface area contributed by atoms with E-state index in [-0.39, 0.29) is 39.2 Å². The topological polar surface area (TPSA) is 123 Å². The van der Waals surface area contributed by atoms with E-state index in [1.165, 1.54) is 0 Å². The summed E-state index contributed by atoms with van der Waals surface area (Å²) in [7, 11) is 0. The average molecular weight is 567 g/mol. The lowest BCUT2D eigenvalue weighted by molar-refractivity contribution is -0.140. The molecule has 0 unspecified atom stereocenters. The Morgan fingerprint density at radius 2 is 1.45 bits per heavy atom. The molecule has 1 aliphatic carbocycles. The number of carboxylic acid groups (broad SMARTS) is 1. The lowest BCUT2D eigenvalue weighted by Crippen LogP contribution is -2.45. The molecule has 3 aromatic rings. The van der Waals surface area contributed by atoms with Gasteiger partial charge in [-0.3, -0.25) is 0 Å². The van der Waals surface area contributed by atoms with Crippen molar-refractivity contribution in [2.75, 3.05) is 13.2 Å². The van der Waals surface area contributed by atoms with Gasteiger partial charge in [0.25, 0.3) is 0 Å². The normalized spacial score (nSPS) is 12.7. The third-order valence-corrected chi connectivity index (χ3v) is 6.11. The van der Waals surface area contributed by atoms with Crippen molar-refractivity contribution in [2.24, 2.45) is 0 Å². The van der Waals surface area contributed by atoms with E-state index in [1.54, 1.807) is 45.0 Å². The molecule has 0 aromatic heterocycles. The second-order valence-electron chi connectivity index (χ2n) is 10.2. The van der Waals surface area contributed by atoms with Crippen molar-refractivity contribution in [3.8, 4) is 16.9 Å². The van der Waals surface area contributed by atoms with Crippen LogP contribution in [-0.2, 0) is 20.8 Å². The van der Waals surface area contributed by atoms with E-state index in [0.717, 1.165) is 27.8 Å². The molecule has 212 valence electrons. The minimum atomic E-state index is -1.31. The molecular weight excluding hydrogens is 532 g/mol. The van der Waals surface area contributed by atoms with Crippen LogP contribution in [0.1, 0.15) is 43.4 Å².